The van der Waals surface area contributed by atoms with Gasteiger partial charge in [-0.1, -0.05) is 0 Å². The minimum Gasteiger partial charge on any atom is -0.571 e. The van der Waals surface area contributed by atoms with Crippen molar-refractivity contribution in [1.29, 1.82) is 0 Å². The maximum Gasteiger partial charge on any atom is 0.302 e. The fourth-order valence-electron chi connectivity index (χ4n) is 3.77. The number of fused-ring (bicyclic) bond motifs is 1. The predicted molar refractivity (Wildman–Crippen MR) is 115 cm³/mol. The van der Waals surface area contributed by atoms with E-state index in [0.717, 1.165) is 6.07 Å². The molecule has 0 saturated carbocycles. The van der Waals surface area contributed by atoms with E-state index < -0.39 is 42.8 Å². The molecule has 1 unspecified atom stereocenters. The van der Waals surface area contributed by atoms with Crippen molar-refractivity contribution < 1.29 is 54.4 Å². The number of phenols is 3. The van der Waals surface area contributed by atoms with Gasteiger partial charge in [0.2, 0.25) is 6.29 Å². The van der Waals surface area contributed by atoms with E-state index in [1.54, 1.807) is 12.1 Å². The molecule has 2 aliphatic heterocycles. The molecule has 2 aromatic carbocycles. The van der Waals surface area contributed by atoms with Crippen LogP contribution in [0.2, 0.25) is 0 Å². The molecular weight excluding hydrogens is 452 g/mol. The molecule has 34 heavy (non-hydrogen) atoms. The van der Waals surface area contributed by atoms with Crippen molar-refractivity contribution in [3.63, 3.8) is 0 Å². The molecule has 0 spiro atoms. The topological polar surface area (TPSA) is 179 Å². The molecule has 6 atom stereocenters. The van der Waals surface area contributed by atoms with Gasteiger partial charge in [-0.25, -0.2) is 0 Å². The fraction of sp³-hybridized carbons (Fsp3) is 0.348. The molecule has 0 bridgehead atoms. The summed E-state index contributed by atoms with van der Waals surface area (Å²) in [4.78, 5) is 11.2. The molecule has 11 nitrogen and oxygen atoms in total. The molecule has 0 amide bonds. The van der Waals surface area contributed by atoms with E-state index in [4.69, 9.17) is 14.2 Å². The van der Waals surface area contributed by atoms with Gasteiger partial charge in [-0.2, -0.15) is 0 Å². The third-order valence-electron chi connectivity index (χ3n) is 5.53. The van der Waals surface area contributed by atoms with Gasteiger partial charge in [0, 0.05) is 19.1 Å². The number of phenolic OH excluding ortho intramolecular Hbond substituents is 3. The van der Waals surface area contributed by atoms with Gasteiger partial charge in [0.15, 0.2) is 5.76 Å². The lowest BCUT2D eigenvalue weighted by atomic mass is 9.98. The highest BCUT2D eigenvalue weighted by atomic mass is 16.7. The highest BCUT2D eigenvalue weighted by Crippen LogP contribution is 2.45. The fourth-order valence-corrected chi connectivity index (χ4v) is 3.77. The van der Waals surface area contributed by atoms with E-state index in [1.165, 1.54) is 31.2 Å². The molecule has 1 saturated heterocycles. The van der Waals surface area contributed by atoms with Crippen LogP contribution in [0.3, 0.4) is 0 Å². The summed E-state index contributed by atoms with van der Waals surface area (Å²) in [5.74, 6) is -0.672. The smallest absolute Gasteiger partial charge is 0.302 e. The summed E-state index contributed by atoms with van der Waals surface area (Å²) in [7, 11) is 0. The molecule has 7 N–H and O–H groups in total. The number of aromatic hydroxyl groups is 4. The molecule has 0 aliphatic carbocycles. The SMILES string of the molecule is CC(=O)OC[C@H]1O[C@@H](OC2=Cc3c(O)cc(O)cc3[OH+]C2c2ccc(O)cc2)[C@H](O)[C@@H](O)[C@@H]1O. The number of ether oxygens (including phenoxy) is 4. The van der Waals surface area contributed by atoms with Gasteiger partial charge in [0.25, 0.3) is 11.9 Å². The van der Waals surface area contributed by atoms with Crippen LogP contribution < -0.4 is 0 Å². The van der Waals surface area contributed by atoms with E-state index in [1.807, 2.05) is 0 Å². The monoisotopic (exact) mass is 477 g/mol. The number of esters is 1. The van der Waals surface area contributed by atoms with Crippen molar-refractivity contribution in [2.24, 2.45) is 0 Å². The first-order chi connectivity index (χ1) is 16.1. The van der Waals surface area contributed by atoms with Gasteiger partial charge in [-0.15, -0.1) is 0 Å². The minimum absolute atomic E-state index is 0.0261. The van der Waals surface area contributed by atoms with E-state index in [-0.39, 0.29) is 40.9 Å². The largest absolute Gasteiger partial charge is 0.571 e. The van der Waals surface area contributed by atoms with Crippen LogP contribution in [-0.2, 0) is 19.0 Å². The summed E-state index contributed by atoms with van der Waals surface area (Å²) in [5.41, 5.74) is 0.810. The van der Waals surface area contributed by atoms with Gasteiger partial charge in [-0.3, -0.25) is 4.79 Å². The van der Waals surface area contributed by atoms with Gasteiger partial charge < -0.3 is 49.6 Å². The van der Waals surface area contributed by atoms with Gasteiger partial charge in [-0.05, 0) is 24.3 Å². The maximum absolute atomic E-state index is 11.2. The molecule has 4 rings (SSSR count). The van der Waals surface area contributed by atoms with Crippen molar-refractivity contribution in [2.75, 3.05) is 6.61 Å². The van der Waals surface area contributed by atoms with Crippen LogP contribution in [0.1, 0.15) is 24.2 Å². The number of aliphatic hydroxyl groups excluding tert-OH is 3. The third-order valence-corrected chi connectivity index (χ3v) is 5.53. The Bertz CT molecular complexity index is 1080. The quantitative estimate of drug-likeness (QED) is 0.263. The zero-order chi connectivity index (χ0) is 24.6. The van der Waals surface area contributed by atoms with Crippen molar-refractivity contribution in [3.8, 4) is 23.0 Å². The second-order valence-corrected chi connectivity index (χ2v) is 8.00. The summed E-state index contributed by atoms with van der Waals surface area (Å²) >= 11 is 0. The maximum atomic E-state index is 11.2. The Hall–Kier alpha value is -3.51. The first-order valence-electron chi connectivity index (χ1n) is 10.4. The lowest BCUT2D eigenvalue weighted by Crippen LogP contribution is -2.59. The Morgan fingerprint density at radius 3 is 2.38 bits per heavy atom. The summed E-state index contributed by atoms with van der Waals surface area (Å²) in [6, 6.07) is 8.56. The lowest BCUT2D eigenvalue weighted by molar-refractivity contribution is -0.296. The molecule has 11 heteroatoms. The second-order valence-electron chi connectivity index (χ2n) is 8.00. The number of benzene rings is 2. The summed E-state index contributed by atoms with van der Waals surface area (Å²) in [5, 5.41) is 60.7. The van der Waals surface area contributed by atoms with E-state index >= 15 is 0 Å². The van der Waals surface area contributed by atoms with Crippen LogP contribution in [0.15, 0.2) is 42.2 Å². The minimum atomic E-state index is -1.67. The normalized spacial score (nSPS) is 28.3. The Morgan fingerprint density at radius 2 is 1.71 bits per heavy atom. The molecule has 2 aromatic rings. The Labute approximate surface area is 193 Å². The predicted octanol–water partition coefficient (Wildman–Crippen LogP) is 0.528. The number of aliphatic hydroxyl groups is 4. The van der Waals surface area contributed by atoms with Gasteiger partial charge >= 0.3 is 5.97 Å². The lowest BCUT2D eigenvalue weighted by Gasteiger charge is -2.40. The standard InChI is InChI=1S/C23H24O11/c1-10(24)31-9-18-19(28)20(29)21(30)23(34-18)33-17-8-14-15(27)6-13(26)7-16(14)32-22(17)11-2-4-12(25)5-3-11/h2-8,18-23,25-30H,9H2,1H3/p+1/t18-,19-,20+,21-,22?,23-/m1/s1. The molecule has 1 fully saturated rings. The Kier molecular flexibility index (Phi) is 6.53. The molecule has 2 heterocycles. The van der Waals surface area contributed by atoms with Crippen molar-refractivity contribution in [3.05, 3.63) is 53.3 Å². The van der Waals surface area contributed by atoms with E-state index in [0.29, 0.717) is 5.56 Å². The average molecular weight is 477 g/mol. The Balaban J connectivity index is 1.67. The second kappa shape index (κ2) is 9.39. The first kappa shape index (κ1) is 23.6. The zero-order valence-electron chi connectivity index (χ0n) is 18.0. The summed E-state index contributed by atoms with van der Waals surface area (Å²) in [6.07, 6.45) is -6.92. The summed E-state index contributed by atoms with van der Waals surface area (Å²) in [6.45, 7) is 0.792. The van der Waals surface area contributed by atoms with Crippen LogP contribution in [0, 0.1) is 0 Å². The number of hydrogen-bond acceptors (Lipinski definition) is 10. The van der Waals surface area contributed by atoms with E-state index in [9.17, 15) is 35.4 Å². The number of carbonyl (C=O) groups excluding carboxylic acids is 1. The molecule has 2 aliphatic rings. The van der Waals surface area contributed by atoms with Crippen LogP contribution in [0.25, 0.3) is 6.08 Å². The van der Waals surface area contributed by atoms with Gasteiger partial charge in [0.1, 0.15) is 53.8 Å². The van der Waals surface area contributed by atoms with Gasteiger partial charge in [0.05, 0.1) is 11.6 Å². The number of carbonyl (C=O) groups is 1. The molecule has 0 aromatic heterocycles. The highest BCUT2D eigenvalue weighted by Gasteiger charge is 2.47. The van der Waals surface area contributed by atoms with E-state index in [2.05, 4.69) is 4.74 Å². The molecular formula is C23H25O11+. The number of hydrogen-bond donors (Lipinski definition) is 6. The van der Waals surface area contributed by atoms with Crippen molar-refractivity contribution in [1.82, 2.24) is 0 Å². The average Bonchev–Trinajstić information content (AvgIpc) is 2.79. The third kappa shape index (κ3) is 4.73. The molecule has 0 radical (unpaired) electrons. The number of rotatable bonds is 5. The highest BCUT2D eigenvalue weighted by molar-refractivity contribution is 5.69. The van der Waals surface area contributed by atoms with Crippen molar-refractivity contribution in [2.45, 2.75) is 43.7 Å². The zero-order valence-corrected chi connectivity index (χ0v) is 18.0. The van der Waals surface area contributed by atoms with Crippen LogP contribution >= 0.6 is 0 Å². The first-order valence-corrected chi connectivity index (χ1v) is 10.4. The van der Waals surface area contributed by atoms with Crippen LogP contribution in [0.4, 0.5) is 0 Å². The Morgan fingerprint density at radius 1 is 1.00 bits per heavy atom. The summed E-state index contributed by atoms with van der Waals surface area (Å²) < 4.78 is 20.9. The van der Waals surface area contributed by atoms with Crippen molar-refractivity contribution >= 4 is 12.0 Å². The molecule has 182 valence electrons. The van der Waals surface area contributed by atoms with Crippen LogP contribution in [-0.4, -0.2) is 78.7 Å². The van der Waals surface area contributed by atoms with Crippen LogP contribution in [0.5, 0.6) is 23.0 Å².